The molecule has 1 amide bonds. The Morgan fingerprint density at radius 3 is 3.11 bits per heavy atom. The molecule has 2 saturated heterocycles. The molecule has 2 N–H and O–H groups in total. The number of aryl methyl sites for hydroxylation is 1. The van der Waals surface area contributed by atoms with E-state index in [4.69, 9.17) is 15.0 Å². The SMILES string of the molecule is Cc1cc(C2CCCN2C(=O)C2(N)CCOC2)on1. The molecule has 2 unspecified atom stereocenters. The van der Waals surface area contributed by atoms with E-state index in [-0.39, 0.29) is 11.9 Å². The lowest BCUT2D eigenvalue weighted by Gasteiger charge is -2.30. The van der Waals surface area contributed by atoms with Gasteiger partial charge in [-0.3, -0.25) is 4.79 Å². The van der Waals surface area contributed by atoms with Crippen LogP contribution in [0.1, 0.15) is 36.8 Å². The maximum absolute atomic E-state index is 12.6. The van der Waals surface area contributed by atoms with Crippen LogP contribution in [0.3, 0.4) is 0 Å². The molecule has 0 radical (unpaired) electrons. The predicted molar refractivity (Wildman–Crippen MR) is 67.3 cm³/mol. The van der Waals surface area contributed by atoms with Gasteiger partial charge in [-0.25, -0.2) is 0 Å². The molecule has 0 saturated carbocycles. The van der Waals surface area contributed by atoms with Gasteiger partial charge in [0, 0.05) is 19.2 Å². The van der Waals surface area contributed by atoms with Gasteiger partial charge in [0.1, 0.15) is 5.54 Å². The molecule has 2 aliphatic rings. The quantitative estimate of drug-likeness (QED) is 0.854. The van der Waals surface area contributed by atoms with E-state index in [0.717, 1.165) is 30.8 Å². The first-order valence-electron chi connectivity index (χ1n) is 6.71. The highest BCUT2D eigenvalue weighted by atomic mass is 16.5. The van der Waals surface area contributed by atoms with E-state index in [0.29, 0.717) is 19.6 Å². The third kappa shape index (κ3) is 2.15. The van der Waals surface area contributed by atoms with E-state index in [1.807, 2.05) is 17.9 Å². The van der Waals surface area contributed by atoms with E-state index < -0.39 is 5.54 Å². The minimum absolute atomic E-state index is 0.0263. The zero-order chi connectivity index (χ0) is 13.5. The molecule has 1 aromatic heterocycles. The number of carbonyl (C=O) groups is 1. The Labute approximate surface area is 111 Å². The predicted octanol–water partition coefficient (Wildman–Crippen LogP) is 0.764. The Hall–Kier alpha value is -1.40. The Balaban J connectivity index is 1.81. The van der Waals surface area contributed by atoms with Gasteiger partial charge in [-0.2, -0.15) is 0 Å². The number of likely N-dealkylation sites (tertiary alicyclic amines) is 1. The van der Waals surface area contributed by atoms with Gasteiger partial charge >= 0.3 is 0 Å². The van der Waals surface area contributed by atoms with Crippen molar-refractivity contribution < 1.29 is 14.1 Å². The summed E-state index contributed by atoms with van der Waals surface area (Å²) in [6.07, 6.45) is 2.45. The number of aromatic nitrogens is 1. The van der Waals surface area contributed by atoms with Gasteiger partial charge < -0.3 is 19.9 Å². The number of hydrogen-bond donors (Lipinski definition) is 1. The monoisotopic (exact) mass is 265 g/mol. The van der Waals surface area contributed by atoms with Crippen LogP contribution in [0.25, 0.3) is 0 Å². The van der Waals surface area contributed by atoms with Gasteiger partial charge in [0.2, 0.25) is 5.91 Å². The zero-order valence-electron chi connectivity index (χ0n) is 11.1. The van der Waals surface area contributed by atoms with E-state index in [1.54, 1.807) is 0 Å². The summed E-state index contributed by atoms with van der Waals surface area (Å²) in [5.41, 5.74) is 6.14. The molecule has 2 atom stereocenters. The van der Waals surface area contributed by atoms with Crippen molar-refractivity contribution in [3.63, 3.8) is 0 Å². The minimum Gasteiger partial charge on any atom is -0.379 e. The summed E-state index contributed by atoms with van der Waals surface area (Å²) in [6, 6.07) is 1.86. The number of nitrogens with zero attached hydrogens (tertiary/aromatic N) is 2. The maximum Gasteiger partial charge on any atom is 0.245 e. The summed E-state index contributed by atoms with van der Waals surface area (Å²) >= 11 is 0. The second kappa shape index (κ2) is 4.61. The largest absolute Gasteiger partial charge is 0.379 e. The van der Waals surface area contributed by atoms with Gasteiger partial charge in [-0.15, -0.1) is 0 Å². The highest BCUT2D eigenvalue weighted by Gasteiger charge is 2.45. The highest BCUT2D eigenvalue weighted by Crippen LogP contribution is 2.34. The minimum atomic E-state index is -0.863. The third-order valence-corrected chi connectivity index (χ3v) is 3.97. The Bertz CT molecular complexity index is 479. The molecule has 0 bridgehead atoms. The molecule has 3 heterocycles. The molecule has 0 aromatic carbocycles. The molecule has 1 aromatic rings. The van der Waals surface area contributed by atoms with Crippen molar-refractivity contribution in [3.8, 4) is 0 Å². The summed E-state index contributed by atoms with van der Waals surface area (Å²) in [4.78, 5) is 14.4. The van der Waals surface area contributed by atoms with E-state index in [2.05, 4.69) is 5.16 Å². The smallest absolute Gasteiger partial charge is 0.245 e. The van der Waals surface area contributed by atoms with Gasteiger partial charge in [0.25, 0.3) is 0 Å². The lowest BCUT2D eigenvalue weighted by atomic mass is 9.97. The van der Waals surface area contributed by atoms with Crippen molar-refractivity contribution >= 4 is 5.91 Å². The standard InChI is InChI=1S/C13H19N3O3/c1-9-7-11(19-15-9)10-3-2-5-16(10)12(17)13(14)4-6-18-8-13/h7,10H,2-6,8,14H2,1H3. The number of nitrogens with two attached hydrogens (primary N) is 1. The highest BCUT2D eigenvalue weighted by molar-refractivity contribution is 5.87. The molecule has 19 heavy (non-hydrogen) atoms. The van der Waals surface area contributed by atoms with Crippen LogP contribution in [-0.4, -0.2) is 41.3 Å². The maximum atomic E-state index is 12.6. The number of hydrogen-bond acceptors (Lipinski definition) is 5. The van der Waals surface area contributed by atoms with Gasteiger partial charge in [-0.1, -0.05) is 5.16 Å². The fourth-order valence-corrected chi connectivity index (χ4v) is 2.88. The van der Waals surface area contributed by atoms with Crippen LogP contribution >= 0.6 is 0 Å². The first-order valence-corrected chi connectivity index (χ1v) is 6.71. The van der Waals surface area contributed by atoms with Gasteiger partial charge in [0.15, 0.2) is 5.76 Å². The van der Waals surface area contributed by atoms with Crippen molar-refractivity contribution in [2.24, 2.45) is 5.73 Å². The van der Waals surface area contributed by atoms with Gasteiger partial charge in [0.05, 0.1) is 18.3 Å². The van der Waals surface area contributed by atoms with Crippen LogP contribution in [0.5, 0.6) is 0 Å². The first-order chi connectivity index (χ1) is 9.10. The fraction of sp³-hybridized carbons (Fsp3) is 0.692. The van der Waals surface area contributed by atoms with Crippen LogP contribution in [-0.2, 0) is 9.53 Å². The van der Waals surface area contributed by atoms with Crippen LogP contribution in [0, 0.1) is 6.92 Å². The number of amides is 1. The topological polar surface area (TPSA) is 81.6 Å². The average molecular weight is 265 g/mol. The Morgan fingerprint density at radius 2 is 2.47 bits per heavy atom. The van der Waals surface area contributed by atoms with Crippen LogP contribution in [0.2, 0.25) is 0 Å². The molecule has 2 fully saturated rings. The molecule has 104 valence electrons. The molecule has 0 aliphatic carbocycles. The second-order valence-corrected chi connectivity index (χ2v) is 5.49. The van der Waals surface area contributed by atoms with Crippen molar-refractivity contribution in [1.29, 1.82) is 0 Å². The number of rotatable bonds is 2. The first kappa shape index (κ1) is 12.6. The van der Waals surface area contributed by atoms with Crippen LogP contribution in [0.4, 0.5) is 0 Å². The normalized spacial score (nSPS) is 31.1. The molecule has 2 aliphatic heterocycles. The summed E-state index contributed by atoms with van der Waals surface area (Å²) in [5, 5.41) is 3.90. The summed E-state index contributed by atoms with van der Waals surface area (Å²) in [7, 11) is 0. The van der Waals surface area contributed by atoms with Crippen molar-refractivity contribution in [2.75, 3.05) is 19.8 Å². The molecular formula is C13H19N3O3. The van der Waals surface area contributed by atoms with Crippen molar-refractivity contribution in [1.82, 2.24) is 10.1 Å². The van der Waals surface area contributed by atoms with E-state index >= 15 is 0 Å². The molecular weight excluding hydrogens is 246 g/mol. The zero-order valence-corrected chi connectivity index (χ0v) is 11.1. The number of ether oxygens (including phenoxy) is 1. The van der Waals surface area contributed by atoms with Crippen molar-refractivity contribution in [2.45, 2.75) is 37.8 Å². The Morgan fingerprint density at radius 1 is 1.63 bits per heavy atom. The number of carbonyl (C=O) groups excluding carboxylic acids is 1. The van der Waals surface area contributed by atoms with Gasteiger partial charge in [-0.05, 0) is 26.2 Å². The average Bonchev–Trinajstić information content (AvgIpc) is 3.08. The van der Waals surface area contributed by atoms with E-state index in [9.17, 15) is 4.79 Å². The van der Waals surface area contributed by atoms with Crippen molar-refractivity contribution in [3.05, 3.63) is 17.5 Å². The summed E-state index contributed by atoms with van der Waals surface area (Å²) < 4.78 is 10.6. The van der Waals surface area contributed by atoms with E-state index in [1.165, 1.54) is 0 Å². The molecule has 6 nitrogen and oxygen atoms in total. The Kier molecular flexibility index (Phi) is 3.06. The fourth-order valence-electron chi connectivity index (χ4n) is 2.88. The molecule has 3 rings (SSSR count). The third-order valence-electron chi connectivity index (χ3n) is 3.97. The lowest BCUT2D eigenvalue weighted by Crippen LogP contribution is -2.55. The second-order valence-electron chi connectivity index (χ2n) is 5.49. The summed E-state index contributed by atoms with van der Waals surface area (Å²) in [6.45, 7) is 3.47. The molecule has 6 heteroatoms. The molecule has 0 spiro atoms. The van der Waals surface area contributed by atoms with Crippen LogP contribution < -0.4 is 5.73 Å². The van der Waals surface area contributed by atoms with Crippen LogP contribution in [0.15, 0.2) is 10.6 Å². The lowest BCUT2D eigenvalue weighted by molar-refractivity contribution is -0.138. The summed E-state index contributed by atoms with van der Waals surface area (Å²) in [5.74, 6) is 0.729.